The van der Waals surface area contributed by atoms with Gasteiger partial charge >= 0.3 is 0 Å². The third-order valence-electron chi connectivity index (χ3n) is 1.76. The topological polar surface area (TPSA) is 0 Å². The number of hydrogen-bond acceptors (Lipinski definition) is 0. The molecule has 0 atom stereocenters. The van der Waals surface area contributed by atoms with E-state index >= 15 is 0 Å². The zero-order chi connectivity index (χ0) is 9.07. The van der Waals surface area contributed by atoms with Crippen LogP contribution in [-0.2, 0) is 0 Å². The highest BCUT2D eigenvalue weighted by Crippen LogP contribution is 2.03. The lowest BCUT2D eigenvalue weighted by Crippen LogP contribution is -1.75. The van der Waals surface area contributed by atoms with Crippen LogP contribution in [0.3, 0.4) is 0 Å². The zero-order valence-electron chi connectivity index (χ0n) is 8.40. The van der Waals surface area contributed by atoms with Crippen LogP contribution in [0.15, 0.2) is 12.2 Å². The molecule has 0 aliphatic heterocycles. The molecule has 0 aromatic rings. The molecule has 0 saturated heterocycles. The molecule has 0 N–H and O–H groups in total. The second kappa shape index (κ2) is 10.3. The van der Waals surface area contributed by atoms with E-state index in [2.05, 4.69) is 18.8 Å². The number of rotatable bonds is 5. The predicted octanol–water partition coefficient (Wildman–Crippen LogP) is 3.93. The molecule has 0 aliphatic rings. The van der Waals surface area contributed by atoms with Crippen LogP contribution in [-0.4, -0.2) is 0 Å². The van der Waals surface area contributed by atoms with E-state index in [9.17, 15) is 0 Å². The summed E-state index contributed by atoms with van der Waals surface area (Å²) in [5, 5.41) is 0. The summed E-state index contributed by atoms with van der Waals surface area (Å²) in [5.74, 6) is 6.12. The van der Waals surface area contributed by atoms with Crippen molar-refractivity contribution in [1.29, 1.82) is 0 Å². The van der Waals surface area contributed by atoms with Gasteiger partial charge in [0.15, 0.2) is 0 Å². The molecule has 0 saturated carbocycles. The summed E-state index contributed by atoms with van der Waals surface area (Å²) in [7, 11) is 0. The fraction of sp³-hybridized carbons (Fsp3) is 0.667. The van der Waals surface area contributed by atoms with Gasteiger partial charge in [-0.1, -0.05) is 50.5 Å². The van der Waals surface area contributed by atoms with E-state index in [0.717, 1.165) is 6.42 Å². The van der Waals surface area contributed by atoms with Crippen LogP contribution in [0.5, 0.6) is 0 Å². The van der Waals surface area contributed by atoms with Crippen molar-refractivity contribution in [2.45, 2.75) is 52.4 Å². The molecule has 68 valence electrons. The van der Waals surface area contributed by atoms with E-state index in [1.807, 2.05) is 19.1 Å². The summed E-state index contributed by atoms with van der Waals surface area (Å²) in [6, 6.07) is 0. The molecule has 0 aromatic heterocycles. The van der Waals surface area contributed by atoms with Crippen LogP contribution < -0.4 is 0 Å². The summed E-state index contributed by atoms with van der Waals surface area (Å²) in [6.45, 7) is 4.24. The largest absolute Gasteiger partial charge is 0.0985 e. The molecule has 0 aliphatic carbocycles. The van der Waals surface area contributed by atoms with Crippen molar-refractivity contribution in [2.75, 3.05) is 0 Å². The van der Waals surface area contributed by atoms with Gasteiger partial charge in [0, 0.05) is 6.42 Å². The molecule has 0 unspecified atom stereocenters. The Labute approximate surface area is 77.1 Å². The first-order valence-corrected chi connectivity index (χ1v) is 5.01. The molecule has 12 heavy (non-hydrogen) atoms. The van der Waals surface area contributed by atoms with Crippen molar-refractivity contribution in [3.05, 3.63) is 12.2 Å². The molecular weight excluding hydrogens is 144 g/mol. The van der Waals surface area contributed by atoms with E-state index in [0.29, 0.717) is 0 Å². The normalized spacial score (nSPS) is 9.83. The first-order chi connectivity index (χ1) is 5.91. The molecule has 0 fully saturated rings. The minimum absolute atomic E-state index is 1.06. The van der Waals surface area contributed by atoms with Crippen LogP contribution in [0.1, 0.15) is 52.4 Å². The molecule has 0 nitrogen and oxygen atoms in total. The Balaban J connectivity index is 3.06. The Kier molecular flexibility index (Phi) is 9.70. The SMILES string of the molecule is C/C=C\C#CCCCCCCC. The van der Waals surface area contributed by atoms with Crippen molar-refractivity contribution in [2.24, 2.45) is 0 Å². The van der Waals surface area contributed by atoms with Gasteiger partial charge in [-0.05, 0) is 19.4 Å². The third-order valence-corrected chi connectivity index (χ3v) is 1.76. The van der Waals surface area contributed by atoms with E-state index in [-0.39, 0.29) is 0 Å². The van der Waals surface area contributed by atoms with Crippen molar-refractivity contribution in [1.82, 2.24) is 0 Å². The van der Waals surface area contributed by atoms with E-state index in [4.69, 9.17) is 0 Å². The fourth-order valence-corrected chi connectivity index (χ4v) is 1.03. The molecule has 0 heteroatoms. The van der Waals surface area contributed by atoms with E-state index < -0.39 is 0 Å². The second-order valence-electron chi connectivity index (χ2n) is 2.99. The van der Waals surface area contributed by atoms with Crippen LogP contribution in [0.4, 0.5) is 0 Å². The molecule has 0 radical (unpaired) electrons. The Bertz CT molecular complexity index is 155. The number of hydrogen-bond donors (Lipinski definition) is 0. The lowest BCUT2D eigenvalue weighted by molar-refractivity contribution is 0.641. The molecule has 0 rings (SSSR count). The van der Waals surface area contributed by atoms with Crippen LogP contribution in [0.25, 0.3) is 0 Å². The Hall–Kier alpha value is -0.700. The third kappa shape index (κ3) is 9.30. The van der Waals surface area contributed by atoms with Gasteiger partial charge in [0.2, 0.25) is 0 Å². The number of allylic oxidation sites excluding steroid dienone is 2. The van der Waals surface area contributed by atoms with Crippen LogP contribution in [0.2, 0.25) is 0 Å². The van der Waals surface area contributed by atoms with Gasteiger partial charge in [-0.3, -0.25) is 0 Å². The average molecular weight is 164 g/mol. The van der Waals surface area contributed by atoms with Crippen molar-refractivity contribution in [3.63, 3.8) is 0 Å². The molecule has 0 amide bonds. The van der Waals surface area contributed by atoms with Crippen molar-refractivity contribution in [3.8, 4) is 11.8 Å². The van der Waals surface area contributed by atoms with Gasteiger partial charge in [0.25, 0.3) is 0 Å². The summed E-state index contributed by atoms with van der Waals surface area (Å²) >= 11 is 0. The first kappa shape index (κ1) is 11.3. The van der Waals surface area contributed by atoms with E-state index in [1.165, 1.54) is 32.1 Å². The van der Waals surface area contributed by atoms with Crippen LogP contribution in [0, 0.1) is 11.8 Å². The summed E-state index contributed by atoms with van der Waals surface area (Å²) in [6.07, 6.45) is 11.6. The molecule has 0 aromatic carbocycles. The smallest absolute Gasteiger partial charge is 0.00922 e. The van der Waals surface area contributed by atoms with Gasteiger partial charge in [0.1, 0.15) is 0 Å². The minimum atomic E-state index is 1.06. The molecular formula is C12H20. The van der Waals surface area contributed by atoms with Gasteiger partial charge in [-0.15, -0.1) is 0 Å². The summed E-state index contributed by atoms with van der Waals surface area (Å²) < 4.78 is 0. The highest BCUT2D eigenvalue weighted by Gasteiger charge is 1.85. The lowest BCUT2D eigenvalue weighted by atomic mass is 10.1. The highest BCUT2D eigenvalue weighted by molar-refractivity contribution is 5.14. The standard InChI is InChI=1S/C12H20/c1-3-5-7-9-11-12-10-8-6-4-2/h3,5H,4,6,8,10-12H2,1-2H3/b5-3-. The molecule has 0 bridgehead atoms. The van der Waals surface area contributed by atoms with Gasteiger partial charge in [-0.25, -0.2) is 0 Å². The summed E-state index contributed by atoms with van der Waals surface area (Å²) in [5.41, 5.74) is 0. The monoisotopic (exact) mass is 164 g/mol. The van der Waals surface area contributed by atoms with E-state index in [1.54, 1.807) is 0 Å². The van der Waals surface area contributed by atoms with Crippen molar-refractivity contribution >= 4 is 0 Å². The lowest BCUT2D eigenvalue weighted by Gasteiger charge is -1.93. The van der Waals surface area contributed by atoms with Crippen molar-refractivity contribution < 1.29 is 0 Å². The quantitative estimate of drug-likeness (QED) is 0.426. The molecule has 0 heterocycles. The maximum Gasteiger partial charge on any atom is 0.00922 e. The maximum absolute atomic E-state index is 3.13. The van der Waals surface area contributed by atoms with Gasteiger partial charge < -0.3 is 0 Å². The fourth-order valence-electron chi connectivity index (χ4n) is 1.03. The first-order valence-electron chi connectivity index (χ1n) is 5.01. The highest BCUT2D eigenvalue weighted by atomic mass is 13.9. The number of unbranched alkanes of at least 4 members (excludes halogenated alkanes) is 5. The zero-order valence-corrected chi connectivity index (χ0v) is 8.40. The Morgan fingerprint density at radius 3 is 2.50 bits per heavy atom. The van der Waals surface area contributed by atoms with Gasteiger partial charge in [0.05, 0.1) is 0 Å². The maximum atomic E-state index is 3.13. The van der Waals surface area contributed by atoms with Gasteiger partial charge in [-0.2, -0.15) is 0 Å². The summed E-state index contributed by atoms with van der Waals surface area (Å²) in [4.78, 5) is 0. The predicted molar refractivity (Wildman–Crippen MR) is 56.0 cm³/mol. The van der Waals surface area contributed by atoms with Crippen LogP contribution >= 0.6 is 0 Å². The molecule has 0 spiro atoms. The Morgan fingerprint density at radius 1 is 1.08 bits per heavy atom. The Morgan fingerprint density at radius 2 is 1.83 bits per heavy atom. The average Bonchev–Trinajstić information content (AvgIpc) is 2.10. The minimum Gasteiger partial charge on any atom is -0.0985 e. The second-order valence-corrected chi connectivity index (χ2v) is 2.99.